The van der Waals surface area contributed by atoms with Gasteiger partial charge in [-0.25, -0.2) is 4.39 Å². The molecule has 1 N–H and O–H groups in total. The summed E-state index contributed by atoms with van der Waals surface area (Å²) in [4.78, 5) is 27.1. The molecule has 0 spiro atoms. The maximum Gasteiger partial charge on any atom is 0.242 e. The lowest BCUT2D eigenvalue weighted by Crippen LogP contribution is -2.47. The number of benzene rings is 2. The van der Waals surface area contributed by atoms with Gasteiger partial charge in [0, 0.05) is 19.5 Å². The van der Waals surface area contributed by atoms with Crippen molar-refractivity contribution in [3.63, 3.8) is 0 Å². The molecule has 174 valence electrons. The Bertz CT molecular complexity index is 840. The number of unbranched alkanes of at least 4 members (excludes halogenated alkanes) is 1. The fourth-order valence-corrected chi connectivity index (χ4v) is 3.13. The summed E-state index contributed by atoms with van der Waals surface area (Å²) in [6.07, 6.45) is 2.60. The smallest absolute Gasteiger partial charge is 0.242 e. The number of nitrogens with zero attached hydrogens (tertiary/aromatic N) is 1. The number of carbonyl (C=O) groups is 2. The van der Waals surface area contributed by atoms with Crippen molar-refractivity contribution in [2.75, 3.05) is 20.3 Å². The molecular formula is C25H33FN2O4. The number of amides is 2. The predicted molar refractivity (Wildman–Crippen MR) is 122 cm³/mol. The van der Waals surface area contributed by atoms with Gasteiger partial charge in [-0.2, -0.15) is 0 Å². The van der Waals surface area contributed by atoms with E-state index in [1.165, 1.54) is 12.1 Å². The topological polar surface area (TPSA) is 67.9 Å². The van der Waals surface area contributed by atoms with Crippen LogP contribution in [-0.2, 0) is 16.1 Å². The molecule has 0 aliphatic heterocycles. The SMILES string of the molecule is CCCCNC(=O)[C@H](C)N(Cc1ccc(F)cc1)C(=O)CCCOc1ccc(OC)cc1. The molecule has 0 aromatic heterocycles. The third-order valence-electron chi connectivity index (χ3n) is 5.13. The number of methoxy groups -OCH3 is 1. The molecular weight excluding hydrogens is 411 g/mol. The number of hydrogen-bond acceptors (Lipinski definition) is 4. The minimum absolute atomic E-state index is 0.147. The lowest BCUT2D eigenvalue weighted by molar-refractivity contribution is -0.140. The van der Waals surface area contributed by atoms with Crippen molar-refractivity contribution in [1.29, 1.82) is 0 Å². The van der Waals surface area contributed by atoms with Crippen LogP contribution in [-0.4, -0.2) is 43.0 Å². The normalized spacial score (nSPS) is 11.5. The Hall–Kier alpha value is -3.09. The molecule has 0 unspecified atom stereocenters. The lowest BCUT2D eigenvalue weighted by Gasteiger charge is -2.29. The van der Waals surface area contributed by atoms with E-state index in [1.54, 1.807) is 31.1 Å². The minimum Gasteiger partial charge on any atom is -0.497 e. The van der Waals surface area contributed by atoms with Crippen LogP contribution in [0, 0.1) is 5.82 Å². The predicted octanol–water partition coefficient (Wildman–Crippen LogP) is 4.33. The van der Waals surface area contributed by atoms with Gasteiger partial charge in [-0.1, -0.05) is 25.5 Å². The van der Waals surface area contributed by atoms with E-state index >= 15 is 0 Å². The Morgan fingerprint density at radius 1 is 1.03 bits per heavy atom. The van der Waals surface area contributed by atoms with E-state index in [9.17, 15) is 14.0 Å². The van der Waals surface area contributed by atoms with Crippen molar-refractivity contribution in [3.8, 4) is 11.5 Å². The van der Waals surface area contributed by atoms with E-state index < -0.39 is 6.04 Å². The second kappa shape index (κ2) is 13.3. The molecule has 0 saturated carbocycles. The van der Waals surface area contributed by atoms with Crippen LogP contribution in [0.25, 0.3) is 0 Å². The van der Waals surface area contributed by atoms with Crippen LogP contribution in [0.2, 0.25) is 0 Å². The second-order valence-corrected chi connectivity index (χ2v) is 7.60. The van der Waals surface area contributed by atoms with Crippen LogP contribution < -0.4 is 14.8 Å². The summed E-state index contributed by atoms with van der Waals surface area (Å²) in [5.74, 6) is 0.766. The molecule has 0 fully saturated rings. The quantitative estimate of drug-likeness (QED) is 0.467. The van der Waals surface area contributed by atoms with E-state index in [4.69, 9.17) is 9.47 Å². The molecule has 7 heteroatoms. The first-order valence-electron chi connectivity index (χ1n) is 11.0. The molecule has 0 saturated heterocycles. The maximum absolute atomic E-state index is 13.3. The van der Waals surface area contributed by atoms with E-state index in [0.717, 1.165) is 24.2 Å². The average molecular weight is 445 g/mol. The first-order valence-corrected chi connectivity index (χ1v) is 11.0. The van der Waals surface area contributed by atoms with Gasteiger partial charge in [0.1, 0.15) is 23.4 Å². The van der Waals surface area contributed by atoms with E-state index in [1.807, 2.05) is 31.2 Å². The van der Waals surface area contributed by atoms with Crippen molar-refractivity contribution in [2.24, 2.45) is 0 Å². The second-order valence-electron chi connectivity index (χ2n) is 7.60. The Kier molecular flexibility index (Phi) is 10.5. The van der Waals surface area contributed by atoms with Gasteiger partial charge in [-0.3, -0.25) is 9.59 Å². The zero-order valence-electron chi connectivity index (χ0n) is 19.1. The summed E-state index contributed by atoms with van der Waals surface area (Å²) < 4.78 is 24.1. The van der Waals surface area contributed by atoms with Crippen LogP contribution in [0.15, 0.2) is 48.5 Å². The summed E-state index contributed by atoms with van der Waals surface area (Å²) >= 11 is 0. The first kappa shape index (κ1) is 25.2. The molecule has 6 nitrogen and oxygen atoms in total. The zero-order valence-corrected chi connectivity index (χ0v) is 19.1. The van der Waals surface area contributed by atoms with Crippen molar-refractivity contribution < 1.29 is 23.5 Å². The number of nitrogens with one attached hydrogen (secondary N) is 1. The van der Waals surface area contributed by atoms with Crippen LogP contribution >= 0.6 is 0 Å². The summed E-state index contributed by atoms with van der Waals surface area (Å²) in [7, 11) is 1.60. The summed E-state index contributed by atoms with van der Waals surface area (Å²) in [5, 5.41) is 2.88. The molecule has 0 bridgehead atoms. The van der Waals surface area contributed by atoms with Gasteiger partial charge in [0.15, 0.2) is 0 Å². The highest BCUT2D eigenvalue weighted by Crippen LogP contribution is 2.18. The Morgan fingerprint density at radius 3 is 2.31 bits per heavy atom. The summed E-state index contributed by atoms with van der Waals surface area (Å²) in [6.45, 7) is 4.96. The van der Waals surface area contributed by atoms with Gasteiger partial charge in [-0.15, -0.1) is 0 Å². The Balaban J connectivity index is 1.95. The van der Waals surface area contributed by atoms with Gasteiger partial charge in [0.2, 0.25) is 11.8 Å². The molecule has 0 aliphatic rings. The number of halogens is 1. The van der Waals surface area contributed by atoms with E-state index in [0.29, 0.717) is 25.3 Å². The van der Waals surface area contributed by atoms with Gasteiger partial charge in [-0.05, 0) is 61.7 Å². The highest BCUT2D eigenvalue weighted by Gasteiger charge is 2.25. The molecule has 0 radical (unpaired) electrons. The van der Waals surface area contributed by atoms with E-state index in [2.05, 4.69) is 5.32 Å². The molecule has 2 amide bonds. The van der Waals surface area contributed by atoms with Crippen LogP contribution in [0.4, 0.5) is 4.39 Å². The van der Waals surface area contributed by atoms with Gasteiger partial charge < -0.3 is 19.7 Å². The zero-order chi connectivity index (χ0) is 23.3. The number of rotatable bonds is 13. The molecule has 0 aliphatic carbocycles. The molecule has 0 heterocycles. The minimum atomic E-state index is -0.632. The Labute approximate surface area is 189 Å². The van der Waals surface area contributed by atoms with Gasteiger partial charge in [0.25, 0.3) is 0 Å². The van der Waals surface area contributed by atoms with E-state index in [-0.39, 0.29) is 30.6 Å². The fourth-order valence-electron chi connectivity index (χ4n) is 3.13. The average Bonchev–Trinajstić information content (AvgIpc) is 2.81. The van der Waals surface area contributed by atoms with Gasteiger partial charge >= 0.3 is 0 Å². The van der Waals surface area contributed by atoms with Crippen LogP contribution in [0.3, 0.4) is 0 Å². The Morgan fingerprint density at radius 2 is 1.69 bits per heavy atom. The van der Waals surface area contributed by atoms with Crippen LogP contribution in [0.1, 0.15) is 45.1 Å². The third kappa shape index (κ3) is 8.21. The third-order valence-corrected chi connectivity index (χ3v) is 5.13. The standard InChI is InChI=1S/C25H33FN2O4/c1-4-5-16-27-25(30)19(2)28(18-20-8-10-21(26)11-9-20)24(29)7-6-17-32-23-14-12-22(31-3)13-15-23/h8-15,19H,4-7,16-18H2,1-3H3,(H,27,30)/t19-/m0/s1. The number of hydrogen-bond donors (Lipinski definition) is 1. The molecule has 2 aromatic carbocycles. The largest absolute Gasteiger partial charge is 0.497 e. The maximum atomic E-state index is 13.3. The number of ether oxygens (including phenoxy) is 2. The fraction of sp³-hybridized carbons (Fsp3) is 0.440. The van der Waals surface area contributed by atoms with Crippen molar-refractivity contribution in [3.05, 3.63) is 59.9 Å². The molecule has 2 rings (SSSR count). The monoisotopic (exact) mass is 444 g/mol. The van der Waals surface area contributed by atoms with Crippen LogP contribution in [0.5, 0.6) is 11.5 Å². The molecule has 1 atom stereocenters. The highest BCUT2D eigenvalue weighted by molar-refractivity contribution is 5.87. The summed E-state index contributed by atoms with van der Waals surface area (Å²) in [6, 6.07) is 12.6. The first-order chi connectivity index (χ1) is 15.4. The van der Waals surface area contributed by atoms with Crippen molar-refractivity contribution in [2.45, 2.75) is 52.1 Å². The lowest BCUT2D eigenvalue weighted by atomic mass is 10.1. The van der Waals surface area contributed by atoms with Crippen molar-refractivity contribution in [1.82, 2.24) is 10.2 Å². The van der Waals surface area contributed by atoms with Gasteiger partial charge in [0.05, 0.1) is 13.7 Å². The molecule has 32 heavy (non-hydrogen) atoms. The molecule has 2 aromatic rings. The highest BCUT2D eigenvalue weighted by atomic mass is 19.1. The summed E-state index contributed by atoms with van der Waals surface area (Å²) in [5.41, 5.74) is 0.766. The number of carbonyl (C=O) groups excluding carboxylic acids is 2. The van der Waals surface area contributed by atoms with Crippen molar-refractivity contribution >= 4 is 11.8 Å².